The average Bonchev–Trinajstić information content (AvgIpc) is 2.80. The van der Waals surface area contributed by atoms with E-state index in [0.29, 0.717) is 11.3 Å². The second-order valence-corrected chi connectivity index (χ2v) is 3.97. The van der Waals surface area contributed by atoms with Crippen molar-refractivity contribution in [2.45, 2.75) is 6.92 Å². The molecule has 0 unspecified atom stereocenters. The van der Waals surface area contributed by atoms with E-state index in [1.54, 1.807) is 13.3 Å². The summed E-state index contributed by atoms with van der Waals surface area (Å²) >= 11 is 0. The molecule has 0 aliphatic heterocycles. The third-order valence-electron chi connectivity index (χ3n) is 2.78. The zero-order valence-corrected chi connectivity index (χ0v) is 10.6. The van der Waals surface area contributed by atoms with Crippen molar-refractivity contribution in [3.05, 3.63) is 47.7 Å². The first-order chi connectivity index (χ1) is 8.65. The molecule has 0 saturated heterocycles. The first kappa shape index (κ1) is 12.4. The molecule has 0 aliphatic rings. The fraction of sp³-hybridized carbons (Fsp3) is 0.214. The number of carbonyl (C=O) groups excluding carboxylic acids is 1. The average molecular weight is 245 g/mol. The van der Waals surface area contributed by atoms with Gasteiger partial charge < -0.3 is 4.42 Å². The van der Waals surface area contributed by atoms with Gasteiger partial charge in [0.05, 0.1) is 18.9 Å². The molecule has 1 amide bonds. The van der Waals surface area contributed by atoms with Gasteiger partial charge in [-0.05, 0) is 6.92 Å². The van der Waals surface area contributed by atoms with E-state index in [1.807, 2.05) is 37.3 Å². The summed E-state index contributed by atoms with van der Waals surface area (Å²) in [6.45, 7) is 1.84. The minimum atomic E-state index is -0.220. The number of furan rings is 1. The molecule has 0 radical (unpaired) electrons. The van der Waals surface area contributed by atoms with Crippen LogP contribution in [0.3, 0.4) is 0 Å². The van der Waals surface area contributed by atoms with E-state index in [-0.39, 0.29) is 5.91 Å². The zero-order valence-electron chi connectivity index (χ0n) is 10.6. The van der Waals surface area contributed by atoms with Gasteiger partial charge in [0.15, 0.2) is 0 Å². The molecule has 94 valence electrons. The molecule has 0 spiro atoms. The van der Waals surface area contributed by atoms with Gasteiger partial charge in [0, 0.05) is 18.2 Å². The smallest absolute Gasteiger partial charge is 0.281 e. The third kappa shape index (κ3) is 2.15. The number of nitrogens with zero attached hydrogens (tertiary/aromatic N) is 1. The zero-order chi connectivity index (χ0) is 13.1. The van der Waals surface area contributed by atoms with Gasteiger partial charge in [0.25, 0.3) is 5.91 Å². The van der Waals surface area contributed by atoms with Crippen molar-refractivity contribution in [3.63, 3.8) is 0 Å². The number of hydrogen-bond acceptors (Lipinski definition) is 3. The van der Waals surface area contributed by atoms with Crippen LogP contribution in [0.15, 0.2) is 41.0 Å². The van der Waals surface area contributed by atoms with E-state index in [1.165, 1.54) is 12.2 Å². The summed E-state index contributed by atoms with van der Waals surface area (Å²) in [6.07, 6.45) is 1.58. The fourth-order valence-corrected chi connectivity index (χ4v) is 1.75. The molecule has 0 aliphatic carbocycles. The lowest BCUT2D eigenvalue weighted by molar-refractivity contribution is -0.0757. The van der Waals surface area contributed by atoms with E-state index in [2.05, 4.69) is 0 Å². The SMILES string of the molecule is CON(C)C(=O)c1c(C)coc1-c1ccccc1. The van der Waals surface area contributed by atoms with Crippen LogP contribution in [0.5, 0.6) is 0 Å². The predicted octanol–water partition coefficient (Wildman–Crippen LogP) is 2.89. The summed E-state index contributed by atoms with van der Waals surface area (Å²) < 4.78 is 5.49. The number of benzene rings is 1. The van der Waals surface area contributed by atoms with E-state index in [0.717, 1.165) is 11.1 Å². The van der Waals surface area contributed by atoms with Crippen molar-refractivity contribution >= 4 is 5.91 Å². The maximum atomic E-state index is 12.2. The first-order valence-electron chi connectivity index (χ1n) is 5.60. The van der Waals surface area contributed by atoms with Crippen LogP contribution < -0.4 is 0 Å². The van der Waals surface area contributed by atoms with E-state index in [4.69, 9.17) is 9.25 Å². The number of aryl methyl sites for hydroxylation is 1. The Morgan fingerprint density at radius 2 is 1.94 bits per heavy atom. The van der Waals surface area contributed by atoms with Crippen molar-refractivity contribution < 1.29 is 14.0 Å². The Hall–Kier alpha value is -2.07. The Kier molecular flexibility index (Phi) is 3.48. The lowest BCUT2D eigenvalue weighted by Crippen LogP contribution is -2.26. The van der Waals surface area contributed by atoms with Crippen LogP contribution in [0.2, 0.25) is 0 Å². The van der Waals surface area contributed by atoms with Gasteiger partial charge in [-0.2, -0.15) is 0 Å². The highest BCUT2D eigenvalue weighted by Gasteiger charge is 2.22. The molecule has 4 nitrogen and oxygen atoms in total. The largest absolute Gasteiger partial charge is 0.463 e. The minimum Gasteiger partial charge on any atom is -0.463 e. The van der Waals surface area contributed by atoms with Crippen LogP contribution >= 0.6 is 0 Å². The quantitative estimate of drug-likeness (QED) is 0.781. The normalized spacial score (nSPS) is 10.4. The van der Waals surface area contributed by atoms with Crippen LogP contribution in [0.1, 0.15) is 15.9 Å². The van der Waals surface area contributed by atoms with Gasteiger partial charge in [0.1, 0.15) is 5.76 Å². The highest BCUT2D eigenvalue weighted by atomic mass is 16.7. The summed E-state index contributed by atoms with van der Waals surface area (Å²) in [5.74, 6) is 0.351. The Balaban J connectivity index is 2.49. The van der Waals surface area contributed by atoms with Gasteiger partial charge in [-0.1, -0.05) is 30.3 Å². The Morgan fingerprint density at radius 3 is 2.56 bits per heavy atom. The maximum Gasteiger partial charge on any atom is 0.281 e. The van der Waals surface area contributed by atoms with Crippen molar-refractivity contribution in [2.75, 3.05) is 14.2 Å². The number of hydrogen-bond donors (Lipinski definition) is 0. The van der Waals surface area contributed by atoms with E-state index < -0.39 is 0 Å². The highest BCUT2D eigenvalue weighted by Crippen LogP contribution is 2.28. The number of hydroxylamine groups is 2. The molecule has 0 N–H and O–H groups in total. The molecule has 1 heterocycles. The summed E-state index contributed by atoms with van der Waals surface area (Å²) in [6, 6.07) is 9.54. The molecular weight excluding hydrogens is 230 g/mol. The molecule has 0 bridgehead atoms. The van der Waals surface area contributed by atoms with E-state index in [9.17, 15) is 4.79 Å². The van der Waals surface area contributed by atoms with Gasteiger partial charge in [0.2, 0.25) is 0 Å². The summed E-state index contributed by atoms with van der Waals surface area (Å²) in [5, 5.41) is 1.18. The first-order valence-corrected chi connectivity index (χ1v) is 5.60. The van der Waals surface area contributed by atoms with Crippen molar-refractivity contribution in [3.8, 4) is 11.3 Å². The summed E-state index contributed by atoms with van der Waals surface area (Å²) in [7, 11) is 3.03. The van der Waals surface area contributed by atoms with Gasteiger partial charge in [-0.15, -0.1) is 0 Å². The molecule has 0 saturated carbocycles. The second kappa shape index (κ2) is 5.06. The van der Waals surface area contributed by atoms with Gasteiger partial charge >= 0.3 is 0 Å². The minimum absolute atomic E-state index is 0.220. The number of rotatable bonds is 3. The molecule has 4 heteroatoms. The molecule has 0 atom stereocenters. The van der Waals surface area contributed by atoms with Crippen LogP contribution in [-0.2, 0) is 4.84 Å². The monoisotopic (exact) mass is 245 g/mol. The highest BCUT2D eigenvalue weighted by molar-refractivity contribution is 6.00. The molecule has 1 aromatic heterocycles. The van der Waals surface area contributed by atoms with Crippen molar-refractivity contribution in [1.29, 1.82) is 0 Å². The van der Waals surface area contributed by atoms with Crippen LogP contribution in [0.4, 0.5) is 0 Å². The van der Waals surface area contributed by atoms with Gasteiger partial charge in [-0.25, -0.2) is 5.06 Å². The maximum absolute atomic E-state index is 12.2. The molecule has 18 heavy (non-hydrogen) atoms. The van der Waals surface area contributed by atoms with Gasteiger partial charge in [-0.3, -0.25) is 9.63 Å². The molecule has 0 fully saturated rings. The fourth-order valence-electron chi connectivity index (χ4n) is 1.75. The van der Waals surface area contributed by atoms with E-state index >= 15 is 0 Å². The molecule has 2 rings (SSSR count). The third-order valence-corrected chi connectivity index (χ3v) is 2.78. The molecular formula is C14H15NO3. The summed E-state index contributed by atoms with van der Waals surface area (Å²) in [5.41, 5.74) is 2.20. The lowest BCUT2D eigenvalue weighted by atomic mass is 10.1. The molecule has 1 aromatic carbocycles. The molecule has 2 aromatic rings. The predicted molar refractivity (Wildman–Crippen MR) is 68.0 cm³/mol. The lowest BCUT2D eigenvalue weighted by Gasteiger charge is -2.14. The van der Waals surface area contributed by atoms with Crippen molar-refractivity contribution in [1.82, 2.24) is 5.06 Å². The van der Waals surface area contributed by atoms with Crippen molar-refractivity contribution in [2.24, 2.45) is 0 Å². The van der Waals surface area contributed by atoms with Crippen LogP contribution in [-0.4, -0.2) is 25.1 Å². The number of amides is 1. The Labute approximate surface area is 106 Å². The number of carbonyl (C=O) groups is 1. The van der Waals surface area contributed by atoms with Crippen LogP contribution in [0.25, 0.3) is 11.3 Å². The topological polar surface area (TPSA) is 42.7 Å². The second-order valence-electron chi connectivity index (χ2n) is 3.97. The Morgan fingerprint density at radius 1 is 1.28 bits per heavy atom. The summed E-state index contributed by atoms with van der Waals surface area (Å²) in [4.78, 5) is 17.1. The standard InChI is InChI=1S/C14H15NO3/c1-10-9-18-13(11-7-5-4-6-8-11)12(10)14(16)15(2)17-3/h4-9H,1-3H3. The Bertz CT molecular complexity index is 545. The van der Waals surface area contributed by atoms with Crippen LogP contribution in [0, 0.1) is 6.92 Å².